The first-order valence-corrected chi connectivity index (χ1v) is 12.7. The molecule has 1 aliphatic rings. The van der Waals surface area contributed by atoms with Crippen LogP contribution in [0, 0.1) is 5.82 Å². The van der Waals surface area contributed by atoms with Crippen LogP contribution in [-0.2, 0) is 4.79 Å². The van der Waals surface area contributed by atoms with Crippen molar-refractivity contribution in [1.82, 2.24) is 14.9 Å². The topological polar surface area (TPSA) is 81.6 Å². The number of nitrogens with one attached hydrogen (secondary N) is 1. The highest BCUT2D eigenvalue weighted by Gasteiger charge is 2.27. The molecule has 7 nitrogen and oxygen atoms in total. The van der Waals surface area contributed by atoms with Crippen LogP contribution in [0.15, 0.2) is 67.0 Å². The lowest BCUT2D eigenvalue weighted by Crippen LogP contribution is -2.48. The Balaban J connectivity index is 1.41. The number of carbonyl (C=O) groups is 1. The van der Waals surface area contributed by atoms with Gasteiger partial charge < -0.3 is 15.3 Å². The van der Waals surface area contributed by atoms with E-state index >= 15 is 0 Å². The molecule has 1 fully saturated rings. The van der Waals surface area contributed by atoms with Gasteiger partial charge in [0, 0.05) is 55.1 Å². The van der Waals surface area contributed by atoms with E-state index in [-0.39, 0.29) is 22.8 Å². The van der Waals surface area contributed by atoms with E-state index in [4.69, 9.17) is 16.7 Å². The standard InChI is InChI=1S/C28H25ClF3N5O2/c29-21-15-33-23-7-5-17(13-20(23)26(21)35-27(28(31)32)19-3-1-2-4-22(19)30)18-6-8-24(34-14-18)37-11-9-36(10-12-37)16-25(38)39/h1-8,13-15,27-28H,9-12,16H2,(H,33,35)(H,38,39)/t27-/m0/s1. The summed E-state index contributed by atoms with van der Waals surface area (Å²) < 4.78 is 42.5. The Bertz CT molecular complexity index is 1480. The molecule has 0 amide bonds. The average Bonchev–Trinajstić information content (AvgIpc) is 2.93. The van der Waals surface area contributed by atoms with Gasteiger partial charge in [-0.3, -0.25) is 14.7 Å². The number of hydrogen-bond acceptors (Lipinski definition) is 6. The second-order valence-corrected chi connectivity index (χ2v) is 9.66. The summed E-state index contributed by atoms with van der Waals surface area (Å²) in [6.07, 6.45) is 0.210. The fraction of sp³-hybridized carbons (Fsp3) is 0.250. The maximum absolute atomic E-state index is 14.4. The molecule has 1 saturated heterocycles. The van der Waals surface area contributed by atoms with Gasteiger partial charge in [0.25, 0.3) is 6.43 Å². The van der Waals surface area contributed by atoms with Gasteiger partial charge in [0.05, 0.1) is 22.8 Å². The van der Waals surface area contributed by atoms with Crippen LogP contribution in [0.5, 0.6) is 0 Å². The van der Waals surface area contributed by atoms with Crippen molar-refractivity contribution >= 4 is 40.0 Å². The fourth-order valence-electron chi connectivity index (χ4n) is 4.72. The number of aliphatic carboxylic acids is 1. The van der Waals surface area contributed by atoms with Crippen molar-refractivity contribution in [3.05, 3.63) is 83.4 Å². The number of piperazine rings is 1. The number of aromatic nitrogens is 2. The van der Waals surface area contributed by atoms with E-state index in [9.17, 15) is 18.0 Å². The quantitative estimate of drug-likeness (QED) is 0.288. The highest BCUT2D eigenvalue weighted by atomic mass is 35.5. The maximum atomic E-state index is 14.4. The van der Waals surface area contributed by atoms with Crippen molar-refractivity contribution < 1.29 is 23.1 Å². The second kappa shape index (κ2) is 11.5. The molecule has 2 aromatic heterocycles. The number of rotatable bonds is 8. The number of fused-ring (bicyclic) bond motifs is 1. The van der Waals surface area contributed by atoms with Gasteiger partial charge in [0.15, 0.2) is 0 Å². The molecule has 5 rings (SSSR count). The Hall–Kier alpha value is -3.89. The molecule has 11 heteroatoms. The minimum atomic E-state index is -2.90. The van der Waals surface area contributed by atoms with Crippen LogP contribution in [0.3, 0.4) is 0 Å². The zero-order valence-electron chi connectivity index (χ0n) is 20.7. The number of anilines is 2. The molecule has 0 unspecified atom stereocenters. The Morgan fingerprint density at radius 2 is 1.74 bits per heavy atom. The van der Waals surface area contributed by atoms with E-state index in [2.05, 4.69) is 20.2 Å². The first-order chi connectivity index (χ1) is 18.8. The van der Waals surface area contributed by atoms with Crippen LogP contribution in [0.1, 0.15) is 11.6 Å². The zero-order chi connectivity index (χ0) is 27.5. The number of hydrogen-bond donors (Lipinski definition) is 2. The van der Waals surface area contributed by atoms with E-state index < -0.39 is 24.3 Å². The molecule has 0 spiro atoms. The highest BCUT2D eigenvalue weighted by Crippen LogP contribution is 2.37. The maximum Gasteiger partial charge on any atom is 0.317 e. The third kappa shape index (κ3) is 5.91. The molecular weight excluding hydrogens is 531 g/mol. The summed E-state index contributed by atoms with van der Waals surface area (Å²) in [4.78, 5) is 23.8. The molecule has 1 aliphatic heterocycles. The minimum absolute atomic E-state index is 0.0240. The number of benzene rings is 2. The molecule has 0 saturated carbocycles. The number of carboxylic acids is 1. The zero-order valence-corrected chi connectivity index (χ0v) is 21.5. The predicted molar refractivity (Wildman–Crippen MR) is 145 cm³/mol. The Morgan fingerprint density at radius 1 is 1.00 bits per heavy atom. The van der Waals surface area contributed by atoms with E-state index in [0.29, 0.717) is 37.1 Å². The monoisotopic (exact) mass is 555 g/mol. The lowest BCUT2D eigenvalue weighted by molar-refractivity contribution is -0.138. The SMILES string of the molecule is O=C(O)CN1CCN(c2ccc(-c3ccc4ncc(Cl)c(N[C@@H](c5ccccc5F)C(F)F)c4c3)cn2)CC1. The first-order valence-electron chi connectivity index (χ1n) is 12.3. The van der Waals surface area contributed by atoms with Gasteiger partial charge in [-0.1, -0.05) is 35.9 Å². The molecule has 0 bridgehead atoms. The summed E-state index contributed by atoms with van der Waals surface area (Å²) in [5.41, 5.74) is 2.19. The molecule has 1 atom stereocenters. The summed E-state index contributed by atoms with van der Waals surface area (Å²) in [5.74, 6) is -0.792. The van der Waals surface area contributed by atoms with E-state index in [1.54, 1.807) is 18.3 Å². The Kier molecular flexibility index (Phi) is 7.85. The van der Waals surface area contributed by atoms with Gasteiger partial charge in [-0.15, -0.1) is 0 Å². The summed E-state index contributed by atoms with van der Waals surface area (Å²) >= 11 is 6.40. The number of alkyl halides is 2. The number of halogens is 4. The van der Waals surface area contributed by atoms with Gasteiger partial charge in [-0.2, -0.15) is 0 Å². The van der Waals surface area contributed by atoms with Gasteiger partial charge in [-0.25, -0.2) is 18.2 Å². The van der Waals surface area contributed by atoms with E-state index in [0.717, 1.165) is 23.0 Å². The largest absolute Gasteiger partial charge is 0.480 e. The van der Waals surface area contributed by atoms with Gasteiger partial charge in [0.2, 0.25) is 0 Å². The predicted octanol–water partition coefficient (Wildman–Crippen LogP) is 5.71. The van der Waals surface area contributed by atoms with Crippen molar-refractivity contribution in [2.45, 2.75) is 12.5 Å². The van der Waals surface area contributed by atoms with Crippen LogP contribution in [0.2, 0.25) is 5.02 Å². The molecule has 4 aromatic rings. The summed E-state index contributed by atoms with van der Waals surface area (Å²) in [7, 11) is 0. The van der Waals surface area contributed by atoms with Gasteiger partial charge >= 0.3 is 5.97 Å². The lowest BCUT2D eigenvalue weighted by Gasteiger charge is -2.34. The third-order valence-electron chi connectivity index (χ3n) is 6.75. The highest BCUT2D eigenvalue weighted by molar-refractivity contribution is 6.34. The van der Waals surface area contributed by atoms with Crippen LogP contribution >= 0.6 is 11.6 Å². The molecule has 202 valence electrons. The fourth-order valence-corrected chi connectivity index (χ4v) is 4.93. The van der Waals surface area contributed by atoms with Crippen molar-refractivity contribution in [2.75, 3.05) is 42.9 Å². The first kappa shape index (κ1) is 26.7. The average molecular weight is 556 g/mol. The smallest absolute Gasteiger partial charge is 0.317 e. The van der Waals surface area contributed by atoms with Crippen molar-refractivity contribution in [2.24, 2.45) is 0 Å². The summed E-state index contributed by atoms with van der Waals surface area (Å²) in [5, 5.41) is 12.4. The summed E-state index contributed by atoms with van der Waals surface area (Å²) in [6, 6.07) is 13.0. The molecule has 2 N–H and O–H groups in total. The van der Waals surface area contributed by atoms with Crippen molar-refractivity contribution in [3.63, 3.8) is 0 Å². The number of pyridine rings is 2. The van der Waals surface area contributed by atoms with Crippen molar-refractivity contribution in [1.29, 1.82) is 0 Å². The molecule has 3 heterocycles. The molecule has 0 radical (unpaired) electrons. The van der Waals surface area contributed by atoms with Crippen molar-refractivity contribution in [3.8, 4) is 11.1 Å². The molecule has 0 aliphatic carbocycles. The Morgan fingerprint density at radius 3 is 2.41 bits per heavy atom. The normalized spacial score (nSPS) is 15.1. The molecular formula is C28H25ClF3N5O2. The lowest BCUT2D eigenvalue weighted by atomic mass is 10.0. The van der Waals surface area contributed by atoms with Gasteiger partial charge in [-0.05, 0) is 35.9 Å². The summed E-state index contributed by atoms with van der Waals surface area (Å²) in [6.45, 7) is 2.63. The second-order valence-electron chi connectivity index (χ2n) is 9.25. The van der Waals surface area contributed by atoms with E-state index in [1.807, 2.05) is 23.1 Å². The van der Waals surface area contributed by atoms with Gasteiger partial charge in [0.1, 0.15) is 17.7 Å². The third-order valence-corrected chi connectivity index (χ3v) is 7.04. The minimum Gasteiger partial charge on any atom is -0.480 e. The van der Waals surface area contributed by atoms with Crippen LogP contribution in [0.4, 0.5) is 24.7 Å². The van der Waals surface area contributed by atoms with Crippen LogP contribution in [-0.4, -0.2) is 65.1 Å². The number of nitrogens with zero attached hydrogens (tertiary/aromatic N) is 4. The molecule has 39 heavy (non-hydrogen) atoms. The Labute approximate surface area is 227 Å². The van der Waals surface area contributed by atoms with E-state index in [1.165, 1.54) is 24.4 Å². The number of carboxylic acid groups (broad SMARTS) is 1. The van der Waals surface area contributed by atoms with Crippen LogP contribution in [0.25, 0.3) is 22.0 Å². The van der Waals surface area contributed by atoms with Crippen LogP contribution < -0.4 is 10.2 Å². The molecule has 2 aromatic carbocycles.